The second kappa shape index (κ2) is 9.69. The number of alkyl halides is 3. The summed E-state index contributed by atoms with van der Waals surface area (Å²) in [5.41, 5.74) is -0.136. The average molecular weight is 423 g/mol. The number of nitrogens with zero attached hydrogens (tertiary/aromatic N) is 1. The van der Waals surface area contributed by atoms with E-state index in [1.54, 1.807) is 24.3 Å². The van der Waals surface area contributed by atoms with Crippen LogP contribution in [0.25, 0.3) is 0 Å². The monoisotopic (exact) mass is 423 g/mol. The zero-order valence-corrected chi connectivity index (χ0v) is 16.5. The number of pyridine rings is 1. The maximum Gasteiger partial charge on any atom is 0.417 e. The lowest BCUT2D eigenvalue weighted by molar-refractivity contribution is -0.137. The van der Waals surface area contributed by atoms with Crippen molar-refractivity contribution in [3.63, 3.8) is 0 Å². The molecule has 6 nitrogen and oxygen atoms in total. The molecule has 0 bridgehead atoms. The fourth-order valence-corrected chi connectivity index (χ4v) is 3.27. The van der Waals surface area contributed by atoms with Crippen LogP contribution in [-0.4, -0.2) is 29.8 Å². The van der Waals surface area contributed by atoms with E-state index in [1.807, 2.05) is 6.92 Å². The number of benzene rings is 1. The van der Waals surface area contributed by atoms with Crippen molar-refractivity contribution >= 4 is 11.7 Å². The maximum absolute atomic E-state index is 12.6. The summed E-state index contributed by atoms with van der Waals surface area (Å²) < 4.78 is 48.8. The van der Waals surface area contributed by atoms with Crippen molar-refractivity contribution in [2.75, 3.05) is 11.9 Å². The number of anilines is 1. The van der Waals surface area contributed by atoms with Gasteiger partial charge in [0.1, 0.15) is 11.9 Å². The molecule has 3 rings (SSSR count). The van der Waals surface area contributed by atoms with Crippen molar-refractivity contribution in [3.05, 3.63) is 48.2 Å². The van der Waals surface area contributed by atoms with E-state index < -0.39 is 11.7 Å². The lowest BCUT2D eigenvalue weighted by Gasteiger charge is -2.29. The van der Waals surface area contributed by atoms with Crippen LogP contribution in [0, 0.1) is 0 Å². The van der Waals surface area contributed by atoms with E-state index in [-0.39, 0.29) is 24.1 Å². The topological polar surface area (TPSA) is 72.5 Å². The van der Waals surface area contributed by atoms with Gasteiger partial charge in [-0.2, -0.15) is 13.2 Å². The Morgan fingerprint density at radius 3 is 2.37 bits per heavy atom. The zero-order valence-electron chi connectivity index (χ0n) is 16.5. The first kappa shape index (κ1) is 21.7. The number of halogens is 3. The molecule has 2 amide bonds. The van der Waals surface area contributed by atoms with Crippen LogP contribution < -0.4 is 20.1 Å². The van der Waals surface area contributed by atoms with Gasteiger partial charge >= 0.3 is 12.2 Å². The fraction of sp³-hybridized carbons (Fsp3) is 0.429. The Balaban J connectivity index is 1.41. The molecular weight excluding hydrogens is 399 g/mol. The number of carbonyl (C=O) groups excluding carboxylic acids is 1. The molecule has 0 radical (unpaired) electrons. The molecule has 2 N–H and O–H groups in total. The van der Waals surface area contributed by atoms with Crippen LogP contribution in [0.1, 0.15) is 38.2 Å². The third kappa shape index (κ3) is 6.27. The van der Waals surface area contributed by atoms with Crippen molar-refractivity contribution < 1.29 is 27.4 Å². The molecule has 0 spiro atoms. The third-order valence-electron chi connectivity index (χ3n) is 4.78. The highest BCUT2D eigenvalue weighted by Gasteiger charge is 2.31. The molecule has 0 unspecified atom stereocenters. The highest BCUT2D eigenvalue weighted by Crippen LogP contribution is 2.30. The molecule has 2 aromatic rings. The Hall–Kier alpha value is -2.97. The maximum atomic E-state index is 12.6. The molecule has 1 saturated carbocycles. The Morgan fingerprint density at radius 2 is 1.80 bits per heavy atom. The molecule has 0 aliphatic heterocycles. The van der Waals surface area contributed by atoms with Crippen LogP contribution in [0.5, 0.6) is 11.6 Å². The lowest BCUT2D eigenvalue weighted by Crippen LogP contribution is -2.41. The molecule has 30 heavy (non-hydrogen) atoms. The van der Waals surface area contributed by atoms with Crippen molar-refractivity contribution in [2.24, 2.45) is 0 Å². The van der Waals surface area contributed by atoms with E-state index in [9.17, 15) is 18.0 Å². The van der Waals surface area contributed by atoms with Gasteiger partial charge in [-0.25, -0.2) is 9.78 Å². The van der Waals surface area contributed by atoms with Crippen molar-refractivity contribution in [2.45, 2.75) is 50.9 Å². The summed E-state index contributed by atoms with van der Waals surface area (Å²) in [7, 11) is 0. The van der Waals surface area contributed by atoms with Gasteiger partial charge in [0.25, 0.3) is 0 Å². The number of nitrogens with one attached hydrogen (secondary N) is 2. The molecule has 1 heterocycles. The number of amides is 2. The Morgan fingerprint density at radius 1 is 1.10 bits per heavy atom. The summed E-state index contributed by atoms with van der Waals surface area (Å²) in [5, 5.41) is 5.73. The first-order valence-corrected chi connectivity index (χ1v) is 9.84. The number of rotatable bonds is 6. The van der Waals surface area contributed by atoms with Crippen molar-refractivity contribution in [1.82, 2.24) is 10.3 Å². The molecule has 1 aromatic heterocycles. The average Bonchev–Trinajstić information content (AvgIpc) is 2.71. The Labute approximate surface area is 172 Å². The summed E-state index contributed by atoms with van der Waals surface area (Å²) in [5.74, 6) is 0.914. The highest BCUT2D eigenvalue weighted by molar-refractivity contribution is 5.89. The number of hydrogen-bond acceptors (Lipinski definition) is 4. The van der Waals surface area contributed by atoms with Crippen molar-refractivity contribution in [1.29, 1.82) is 0 Å². The van der Waals surface area contributed by atoms with Gasteiger partial charge in [0.15, 0.2) is 0 Å². The SMILES string of the molecule is CCOc1ccc(NC(=O)NC2CCC(Oc3ccc(C(F)(F)F)cn3)CC2)cc1. The van der Waals surface area contributed by atoms with E-state index >= 15 is 0 Å². The standard InChI is InChI=1S/C21H24F3N3O3/c1-2-29-17-8-4-15(5-9-17)26-20(28)27-16-6-10-18(11-7-16)30-19-12-3-14(13-25-19)21(22,23)24/h3-5,8-9,12-13,16,18H,2,6-7,10-11H2,1H3,(H2,26,27,28). The summed E-state index contributed by atoms with van der Waals surface area (Å²) in [6.45, 7) is 2.48. The van der Waals surface area contributed by atoms with Gasteiger partial charge in [0, 0.05) is 24.0 Å². The van der Waals surface area contributed by atoms with E-state index in [1.165, 1.54) is 6.07 Å². The van der Waals surface area contributed by atoms with Crippen LogP contribution in [0.4, 0.5) is 23.7 Å². The first-order valence-electron chi connectivity index (χ1n) is 9.84. The Kier molecular flexibility index (Phi) is 7.02. The van der Waals surface area contributed by atoms with Gasteiger partial charge in [-0.15, -0.1) is 0 Å². The number of hydrogen-bond donors (Lipinski definition) is 2. The molecule has 162 valence electrons. The quantitative estimate of drug-likeness (QED) is 0.685. The Bertz CT molecular complexity index is 818. The van der Waals surface area contributed by atoms with Crippen molar-refractivity contribution in [3.8, 4) is 11.6 Å². The second-order valence-electron chi connectivity index (χ2n) is 7.03. The minimum absolute atomic E-state index is 0.00751. The van der Waals surface area contributed by atoms with Gasteiger partial charge in [-0.1, -0.05) is 0 Å². The van der Waals surface area contributed by atoms with Gasteiger partial charge in [0.05, 0.1) is 12.2 Å². The number of ether oxygens (including phenoxy) is 2. The highest BCUT2D eigenvalue weighted by atomic mass is 19.4. The predicted molar refractivity (Wildman–Crippen MR) is 106 cm³/mol. The predicted octanol–water partition coefficient (Wildman–Crippen LogP) is 5.01. The van der Waals surface area contributed by atoms with Crippen LogP contribution in [0.15, 0.2) is 42.6 Å². The minimum Gasteiger partial charge on any atom is -0.494 e. The molecule has 1 aliphatic rings. The van der Waals surface area contributed by atoms with E-state index in [2.05, 4.69) is 15.6 Å². The number of urea groups is 1. The van der Waals surface area contributed by atoms with E-state index in [0.717, 1.165) is 18.0 Å². The summed E-state index contributed by atoms with van der Waals surface area (Å²) in [4.78, 5) is 15.9. The number of carbonyl (C=O) groups is 1. The van der Waals surface area contributed by atoms with Crippen LogP contribution in [0.3, 0.4) is 0 Å². The van der Waals surface area contributed by atoms with E-state index in [4.69, 9.17) is 9.47 Å². The molecule has 0 atom stereocenters. The molecule has 0 saturated heterocycles. The van der Waals surface area contributed by atoms with Gasteiger partial charge < -0.3 is 20.1 Å². The third-order valence-corrected chi connectivity index (χ3v) is 4.78. The van der Waals surface area contributed by atoms with Gasteiger partial charge in [-0.3, -0.25) is 0 Å². The molecule has 1 aliphatic carbocycles. The van der Waals surface area contributed by atoms with Crippen LogP contribution in [0.2, 0.25) is 0 Å². The minimum atomic E-state index is -4.42. The summed E-state index contributed by atoms with van der Waals surface area (Å²) >= 11 is 0. The molecule has 1 fully saturated rings. The normalized spacial score (nSPS) is 19.1. The first-order chi connectivity index (χ1) is 14.3. The van der Waals surface area contributed by atoms with Gasteiger partial charge in [-0.05, 0) is 62.9 Å². The second-order valence-corrected chi connectivity index (χ2v) is 7.03. The zero-order chi connectivity index (χ0) is 21.6. The summed E-state index contributed by atoms with van der Waals surface area (Å²) in [6, 6.07) is 9.03. The molecule has 1 aromatic carbocycles. The fourth-order valence-electron chi connectivity index (χ4n) is 3.27. The summed E-state index contributed by atoms with van der Waals surface area (Å²) in [6.07, 6.45) is -1.01. The van der Waals surface area contributed by atoms with Crippen LogP contribution in [-0.2, 0) is 6.18 Å². The van der Waals surface area contributed by atoms with Crippen LogP contribution >= 0.6 is 0 Å². The van der Waals surface area contributed by atoms with Gasteiger partial charge in [0.2, 0.25) is 5.88 Å². The molecular formula is C21H24F3N3O3. The molecule has 9 heteroatoms. The number of aromatic nitrogens is 1. The van der Waals surface area contributed by atoms with E-state index in [0.29, 0.717) is 38.0 Å². The largest absolute Gasteiger partial charge is 0.494 e. The lowest BCUT2D eigenvalue weighted by atomic mass is 9.93. The smallest absolute Gasteiger partial charge is 0.417 e.